The van der Waals surface area contributed by atoms with Gasteiger partial charge in [0.15, 0.2) is 9.84 Å². The summed E-state index contributed by atoms with van der Waals surface area (Å²) in [7, 11) is 0.723. The molecular formula is C15H19NO2S. The summed E-state index contributed by atoms with van der Waals surface area (Å²) in [5.41, 5.74) is 1.03. The summed E-state index contributed by atoms with van der Waals surface area (Å²) in [5, 5.41) is 1.78. The summed E-state index contributed by atoms with van der Waals surface area (Å²) in [6.07, 6.45) is 0.631. The lowest BCUT2D eigenvalue weighted by molar-refractivity contribution is 0.595. The van der Waals surface area contributed by atoms with Crippen molar-refractivity contribution in [1.29, 1.82) is 0 Å². The van der Waals surface area contributed by atoms with Crippen molar-refractivity contribution >= 4 is 26.3 Å². The molecule has 0 heterocycles. The van der Waals surface area contributed by atoms with Gasteiger partial charge in [0.1, 0.15) is 0 Å². The first-order valence-electron chi connectivity index (χ1n) is 6.39. The number of hydrogen-bond donors (Lipinski definition) is 0. The monoisotopic (exact) mass is 277 g/mol. The third-order valence-corrected chi connectivity index (χ3v) is 5.12. The standard InChI is InChI=1S/C15H19NO2S/c1-4-11-19(17,18)15-10-6-7-12-13(15)8-5-9-14(12)16(2)3/h5-10H,4,11H2,1-3H3. The largest absolute Gasteiger partial charge is 0.377 e. The normalized spacial score (nSPS) is 11.7. The van der Waals surface area contributed by atoms with Crippen molar-refractivity contribution in [2.24, 2.45) is 0 Å². The fourth-order valence-electron chi connectivity index (χ4n) is 2.30. The second-order valence-corrected chi connectivity index (χ2v) is 6.92. The third kappa shape index (κ3) is 2.59. The van der Waals surface area contributed by atoms with Crippen LogP contribution in [0.3, 0.4) is 0 Å². The molecule has 0 atom stereocenters. The van der Waals surface area contributed by atoms with Gasteiger partial charge in [-0.2, -0.15) is 0 Å². The second kappa shape index (κ2) is 5.21. The number of nitrogens with zero attached hydrogens (tertiary/aromatic N) is 1. The maximum atomic E-state index is 12.3. The molecule has 0 saturated heterocycles. The molecular weight excluding hydrogens is 258 g/mol. The minimum absolute atomic E-state index is 0.193. The summed E-state index contributed by atoms with van der Waals surface area (Å²) in [5.74, 6) is 0.193. The van der Waals surface area contributed by atoms with Gasteiger partial charge in [0, 0.05) is 30.6 Å². The molecule has 0 aliphatic heterocycles. The molecule has 0 spiro atoms. The molecule has 0 saturated carbocycles. The predicted molar refractivity (Wildman–Crippen MR) is 80.6 cm³/mol. The van der Waals surface area contributed by atoms with E-state index in [1.165, 1.54) is 0 Å². The van der Waals surface area contributed by atoms with E-state index in [1.54, 1.807) is 6.07 Å². The van der Waals surface area contributed by atoms with Gasteiger partial charge >= 0.3 is 0 Å². The lowest BCUT2D eigenvalue weighted by Crippen LogP contribution is -2.10. The zero-order chi connectivity index (χ0) is 14.0. The van der Waals surface area contributed by atoms with Crippen LogP contribution < -0.4 is 4.90 Å². The van der Waals surface area contributed by atoms with Crippen molar-refractivity contribution in [1.82, 2.24) is 0 Å². The summed E-state index contributed by atoms with van der Waals surface area (Å²) >= 11 is 0. The van der Waals surface area contributed by atoms with Gasteiger partial charge in [-0.1, -0.05) is 31.2 Å². The fraction of sp³-hybridized carbons (Fsp3) is 0.333. The number of sulfone groups is 1. The van der Waals surface area contributed by atoms with E-state index in [9.17, 15) is 8.42 Å². The molecule has 4 heteroatoms. The van der Waals surface area contributed by atoms with Crippen LogP contribution in [0.15, 0.2) is 41.3 Å². The van der Waals surface area contributed by atoms with Gasteiger partial charge in [-0.05, 0) is 18.6 Å². The molecule has 0 amide bonds. The number of rotatable bonds is 4. The average molecular weight is 277 g/mol. The lowest BCUT2D eigenvalue weighted by Gasteiger charge is -2.16. The quantitative estimate of drug-likeness (QED) is 0.862. The number of fused-ring (bicyclic) bond motifs is 1. The van der Waals surface area contributed by atoms with Gasteiger partial charge in [-0.25, -0.2) is 8.42 Å². The molecule has 0 fully saturated rings. The summed E-state index contributed by atoms with van der Waals surface area (Å²) in [6.45, 7) is 1.88. The predicted octanol–water partition coefficient (Wildman–Crippen LogP) is 3.09. The van der Waals surface area contributed by atoms with E-state index < -0.39 is 9.84 Å². The van der Waals surface area contributed by atoms with E-state index in [0.29, 0.717) is 11.3 Å². The van der Waals surface area contributed by atoms with Crippen LogP contribution in [0.25, 0.3) is 10.8 Å². The molecule has 3 nitrogen and oxygen atoms in total. The van der Waals surface area contributed by atoms with Gasteiger partial charge < -0.3 is 4.90 Å². The first kappa shape index (κ1) is 13.9. The maximum absolute atomic E-state index is 12.3. The Morgan fingerprint density at radius 2 is 1.63 bits per heavy atom. The van der Waals surface area contributed by atoms with Crippen molar-refractivity contribution in [3.8, 4) is 0 Å². The van der Waals surface area contributed by atoms with Gasteiger partial charge in [-0.15, -0.1) is 0 Å². The second-order valence-electron chi connectivity index (χ2n) is 4.84. The third-order valence-electron chi connectivity index (χ3n) is 3.15. The zero-order valence-electron chi connectivity index (χ0n) is 11.6. The molecule has 19 heavy (non-hydrogen) atoms. The first-order chi connectivity index (χ1) is 8.97. The highest BCUT2D eigenvalue weighted by Gasteiger charge is 2.17. The van der Waals surface area contributed by atoms with E-state index in [-0.39, 0.29) is 5.75 Å². The SMILES string of the molecule is CCCS(=O)(=O)c1cccc2c(N(C)C)cccc12. The molecule has 0 aliphatic rings. The van der Waals surface area contributed by atoms with Crippen LogP contribution in [-0.4, -0.2) is 28.3 Å². The Bertz CT molecular complexity index is 690. The maximum Gasteiger partial charge on any atom is 0.178 e. The number of benzene rings is 2. The minimum Gasteiger partial charge on any atom is -0.377 e. The van der Waals surface area contributed by atoms with Crippen molar-refractivity contribution in [3.05, 3.63) is 36.4 Å². The molecule has 2 rings (SSSR count). The summed E-state index contributed by atoms with van der Waals surface area (Å²) in [6, 6.07) is 11.3. The molecule has 2 aromatic rings. The zero-order valence-corrected chi connectivity index (χ0v) is 12.4. The lowest BCUT2D eigenvalue weighted by atomic mass is 10.1. The van der Waals surface area contributed by atoms with Gasteiger partial charge in [0.25, 0.3) is 0 Å². The molecule has 0 aliphatic carbocycles. The van der Waals surface area contributed by atoms with Crippen molar-refractivity contribution in [2.45, 2.75) is 18.2 Å². The van der Waals surface area contributed by atoms with Gasteiger partial charge in [0.05, 0.1) is 10.6 Å². The highest BCUT2D eigenvalue weighted by molar-refractivity contribution is 7.91. The average Bonchev–Trinajstić information content (AvgIpc) is 2.37. The summed E-state index contributed by atoms with van der Waals surface area (Å²) in [4.78, 5) is 2.44. The van der Waals surface area contributed by atoms with Gasteiger partial charge in [-0.3, -0.25) is 0 Å². The Hall–Kier alpha value is -1.55. The number of hydrogen-bond acceptors (Lipinski definition) is 3. The summed E-state index contributed by atoms with van der Waals surface area (Å²) < 4.78 is 24.6. The highest BCUT2D eigenvalue weighted by atomic mass is 32.2. The van der Waals surface area contributed by atoms with Crippen LogP contribution in [0.4, 0.5) is 5.69 Å². The number of anilines is 1. The Morgan fingerprint density at radius 3 is 2.26 bits per heavy atom. The van der Waals surface area contributed by atoms with Crippen molar-refractivity contribution in [3.63, 3.8) is 0 Å². The smallest absolute Gasteiger partial charge is 0.178 e. The van der Waals surface area contributed by atoms with Crippen molar-refractivity contribution in [2.75, 3.05) is 24.7 Å². The first-order valence-corrected chi connectivity index (χ1v) is 8.04. The van der Waals surface area contributed by atoms with E-state index in [1.807, 2.05) is 56.3 Å². The van der Waals surface area contributed by atoms with Crippen LogP contribution in [0, 0.1) is 0 Å². The molecule has 2 aromatic carbocycles. The highest BCUT2D eigenvalue weighted by Crippen LogP contribution is 2.30. The molecule has 0 N–H and O–H groups in total. The van der Waals surface area contributed by atoms with Crippen LogP contribution in [0.5, 0.6) is 0 Å². The van der Waals surface area contributed by atoms with Crippen LogP contribution in [0.2, 0.25) is 0 Å². The Balaban J connectivity index is 2.75. The van der Waals surface area contributed by atoms with E-state index in [4.69, 9.17) is 0 Å². The molecule has 0 radical (unpaired) electrons. The van der Waals surface area contributed by atoms with E-state index in [2.05, 4.69) is 0 Å². The molecule has 0 aromatic heterocycles. The Kier molecular flexibility index (Phi) is 3.80. The molecule has 0 bridgehead atoms. The Morgan fingerprint density at radius 1 is 1.00 bits per heavy atom. The van der Waals surface area contributed by atoms with E-state index >= 15 is 0 Å². The van der Waals surface area contributed by atoms with Crippen LogP contribution in [-0.2, 0) is 9.84 Å². The molecule has 0 unspecified atom stereocenters. The van der Waals surface area contributed by atoms with Gasteiger partial charge in [0.2, 0.25) is 0 Å². The van der Waals surface area contributed by atoms with Crippen molar-refractivity contribution < 1.29 is 8.42 Å². The Labute approximate surface area is 114 Å². The minimum atomic E-state index is -3.20. The topological polar surface area (TPSA) is 37.4 Å². The fourth-order valence-corrected chi connectivity index (χ4v) is 3.86. The van der Waals surface area contributed by atoms with Crippen LogP contribution >= 0.6 is 0 Å². The van der Waals surface area contributed by atoms with Crippen LogP contribution in [0.1, 0.15) is 13.3 Å². The molecule has 102 valence electrons. The van der Waals surface area contributed by atoms with E-state index in [0.717, 1.165) is 16.5 Å².